The van der Waals surface area contributed by atoms with Gasteiger partial charge >= 0.3 is 0 Å². The van der Waals surface area contributed by atoms with Crippen LogP contribution in [0, 0.1) is 5.92 Å². The third-order valence-corrected chi connectivity index (χ3v) is 4.61. The minimum absolute atomic E-state index is 0.173. The summed E-state index contributed by atoms with van der Waals surface area (Å²) in [6, 6.07) is 7.83. The number of fused-ring (bicyclic) bond motifs is 1. The highest BCUT2D eigenvalue weighted by atomic mass is 79.9. The van der Waals surface area contributed by atoms with E-state index in [9.17, 15) is 4.79 Å². The molecule has 1 aromatic carbocycles. The molecular weight excluding hydrogens is 324 g/mol. The molecule has 2 heterocycles. The molecule has 1 fully saturated rings. The quantitative estimate of drug-likeness (QED) is 0.853. The molecule has 0 N–H and O–H groups in total. The first-order valence-electron chi connectivity index (χ1n) is 6.15. The van der Waals surface area contributed by atoms with Gasteiger partial charge in [0.15, 0.2) is 0 Å². The number of halogens is 1. The van der Waals surface area contributed by atoms with Gasteiger partial charge in [0, 0.05) is 29.0 Å². The Balaban J connectivity index is 2.11. The lowest BCUT2D eigenvalue weighted by Crippen LogP contribution is -2.24. The number of thiol groups is 1. The Morgan fingerprint density at radius 3 is 3.00 bits per heavy atom. The van der Waals surface area contributed by atoms with Gasteiger partial charge in [-0.1, -0.05) is 0 Å². The molecule has 1 aromatic heterocycles. The number of carbonyl (C=O) groups excluding carboxylic acids is 1. The van der Waals surface area contributed by atoms with Crippen LogP contribution in [0.4, 0.5) is 5.69 Å². The first-order valence-corrected chi connectivity index (χ1v) is 7.57. The highest BCUT2D eigenvalue weighted by Gasteiger charge is 2.30. The molecule has 0 radical (unpaired) electrons. The molecule has 1 aliphatic heterocycles. The fourth-order valence-corrected chi connectivity index (χ4v) is 3.19. The number of pyridine rings is 1. The van der Waals surface area contributed by atoms with Gasteiger partial charge in [0.05, 0.1) is 11.2 Å². The fourth-order valence-electron chi connectivity index (χ4n) is 2.50. The highest BCUT2D eigenvalue weighted by Crippen LogP contribution is 2.34. The van der Waals surface area contributed by atoms with Gasteiger partial charge in [-0.3, -0.25) is 9.78 Å². The summed E-state index contributed by atoms with van der Waals surface area (Å²) in [5.41, 5.74) is 1.84. The third-order valence-electron chi connectivity index (χ3n) is 3.45. The molecular formula is C14H13BrN2OS. The van der Waals surface area contributed by atoms with E-state index in [0.29, 0.717) is 12.3 Å². The van der Waals surface area contributed by atoms with Crippen molar-refractivity contribution in [1.82, 2.24) is 4.98 Å². The summed E-state index contributed by atoms with van der Waals surface area (Å²) in [6.07, 6.45) is 2.35. The van der Waals surface area contributed by atoms with Crippen molar-refractivity contribution in [3.05, 3.63) is 34.9 Å². The summed E-state index contributed by atoms with van der Waals surface area (Å²) >= 11 is 7.80. The van der Waals surface area contributed by atoms with Gasteiger partial charge in [0.2, 0.25) is 5.91 Å². The molecule has 1 unspecified atom stereocenters. The Morgan fingerprint density at radius 1 is 1.42 bits per heavy atom. The second kappa shape index (κ2) is 5.13. The summed E-state index contributed by atoms with van der Waals surface area (Å²) < 4.78 is 0.948. The minimum Gasteiger partial charge on any atom is -0.311 e. The average Bonchev–Trinajstić information content (AvgIpc) is 2.81. The molecule has 98 valence electrons. The number of carbonyl (C=O) groups is 1. The Morgan fingerprint density at radius 2 is 2.26 bits per heavy atom. The number of rotatable bonds is 2. The maximum atomic E-state index is 12.1. The van der Waals surface area contributed by atoms with Crippen LogP contribution in [-0.4, -0.2) is 23.2 Å². The molecule has 1 atom stereocenters. The van der Waals surface area contributed by atoms with Crippen molar-refractivity contribution in [2.75, 3.05) is 17.2 Å². The lowest BCUT2D eigenvalue weighted by molar-refractivity contribution is -0.117. The number of hydrogen-bond acceptors (Lipinski definition) is 3. The molecule has 2 aromatic rings. The Bertz CT molecular complexity index is 646. The number of aromatic nitrogens is 1. The zero-order valence-corrected chi connectivity index (χ0v) is 12.7. The third kappa shape index (κ3) is 2.25. The normalized spacial score (nSPS) is 19.4. The van der Waals surface area contributed by atoms with Gasteiger partial charge in [-0.15, -0.1) is 0 Å². The van der Waals surface area contributed by atoms with Crippen molar-refractivity contribution in [2.45, 2.75) is 6.42 Å². The van der Waals surface area contributed by atoms with E-state index in [1.165, 1.54) is 0 Å². The number of anilines is 1. The van der Waals surface area contributed by atoms with E-state index >= 15 is 0 Å². The number of hydrogen-bond donors (Lipinski definition) is 1. The predicted molar refractivity (Wildman–Crippen MR) is 83.8 cm³/mol. The molecule has 3 rings (SSSR count). The molecule has 19 heavy (non-hydrogen) atoms. The minimum atomic E-state index is 0.173. The van der Waals surface area contributed by atoms with Gasteiger partial charge in [-0.05, 0) is 51.9 Å². The first-order chi connectivity index (χ1) is 9.20. The molecule has 0 spiro atoms. The van der Waals surface area contributed by atoms with Crippen LogP contribution >= 0.6 is 28.6 Å². The van der Waals surface area contributed by atoms with Crippen molar-refractivity contribution >= 4 is 51.1 Å². The van der Waals surface area contributed by atoms with Crippen LogP contribution in [0.1, 0.15) is 6.42 Å². The zero-order valence-electron chi connectivity index (χ0n) is 10.2. The smallest absolute Gasteiger partial charge is 0.227 e. The van der Waals surface area contributed by atoms with Crippen molar-refractivity contribution in [3.8, 4) is 0 Å². The highest BCUT2D eigenvalue weighted by molar-refractivity contribution is 9.10. The first kappa shape index (κ1) is 12.9. The number of amides is 1. The average molecular weight is 337 g/mol. The van der Waals surface area contributed by atoms with Crippen molar-refractivity contribution in [3.63, 3.8) is 0 Å². The second-order valence-electron chi connectivity index (χ2n) is 4.72. The maximum Gasteiger partial charge on any atom is 0.227 e. The number of nitrogens with zero attached hydrogens (tertiary/aromatic N) is 2. The van der Waals surface area contributed by atoms with E-state index in [-0.39, 0.29) is 5.91 Å². The zero-order chi connectivity index (χ0) is 13.4. The van der Waals surface area contributed by atoms with Crippen LogP contribution in [0.15, 0.2) is 34.9 Å². The summed E-state index contributed by atoms with van der Waals surface area (Å²) in [6.45, 7) is 0.744. The van der Waals surface area contributed by atoms with Crippen LogP contribution in [-0.2, 0) is 4.79 Å². The van der Waals surface area contributed by atoms with Crippen LogP contribution < -0.4 is 4.90 Å². The molecule has 0 bridgehead atoms. The van der Waals surface area contributed by atoms with E-state index in [2.05, 4.69) is 33.5 Å². The monoisotopic (exact) mass is 336 g/mol. The Labute approximate surface area is 125 Å². The Hall–Kier alpha value is -1.07. The topological polar surface area (TPSA) is 33.2 Å². The lowest BCUT2D eigenvalue weighted by Gasteiger charge is -2.19. The van der Waals surface area contributed by atoms with Crippen LogP contribution in [0.25, 0.3) is 10.9 Å². The molecule has 0 saturated carbocycles. The van der Waals surface area contributed by atoms with Crippen molar-refractivity contribution in [1.29, 1.82) is 0 Å². The van der Waals surface area contributed by atoms with Gasteiger partial charge in [-0.25, -0.2) is 0 Å². The van der Waals surface area contributed by atoms with Crippen molar-refractivity contribution in [2.24, 2.45) is 5.92 Å². The summed E-state index contributed by atoms with van der Waals surface area (Å²) in [5, 5.41) is 1.00. The Kier molecular flexibility index (Phi) is 3.50. The van der Waals surface area contributed by atoms with Crippen LogP contribution in [0.3, 0.4) is 0 Å². The molecule has 5 heteroatoms. The van der Waals surface area contributed by atoms with Gasteiger partial charge in [0.25, 0.3) is 0 Å². The summed E-state index contributed by atoms with van der Waals surface area (Å²) in [7, 11) is 0. The fraction of sp³-hybridized carbons (Fsp3) is 0.286. The van der Waals surface area contributed by atoms with E-state index < -0.39 is 0 Å². The SMILES string of the molecule is O=C1CC(CS)CN1c1ccc(Br)c2ncccc12. The largest absolute Gasteiger partial charge is 0.311 e. The van der Waals surface area contributed by atoms with E-state index in [0.717, 1.165) is 33.4 Å². The van der Waals surface area contributed by atoms with E-state index in [4.69, 9.17) is 0 Å². The van der Waals surface area contributed by atoms with Gasteiger partial charge in [0.1, 0.15) is 0 Å². The second-order valence-corrected chi connectivity index (χ2v) is 5.94. The molecule has 1 amide bonds. The molecule has 3 nitrogen and oxygen atoms in total. The van der Waals surface area contributed by atoms with Crippen molar-refractivity contribution < 1.29 is 4.79 Å². The predicted octanol–water partition coefficient (Wildman–Crippen LogP) is 3.28. The number of benzene rings is 1. The summed E-state index contributed by atoms with van der Waals surface area (Å²) in [4.78, 5) is 18.4. The van der Waals surface area contributed by atoms with E-state index in [1.807, 2.05) is 29.2 Å². The molecule has 1 saturated heterocycles. The van der Waals surface area contributed by atoms with Crippen LogP contribution in [0.5, 0.6) is 0 Å². The van der Waals surface area contributed by atoms with E-state index in [1.54, 1.807) is 6.20 Å². The molecule has 0 aliphatic carbocycles. The lowest BCUT2D eigenvalue weighted by atomic mass is 10.1. The maximum absolute atomic E-state index is 12.1. The molecule has 1 aliphatic rings. The van der Waals surface area contributed by atoms with Crippen LogP contribution in [0.2, 0.25) is 0 Å². The standard InChI is InChI=1S/C14H13BrN2OS/c15-11-3-4-12(10-2-1-5-16-14(10)11)17-7-9(8-19)6-13(17)18/h1-5,9,19H,6-8H2. The van der Waals surface area contributed by atoms with Gasteiger partial charge < -0.3 is 4.90 Å². The summed E-state index contributed by atoms with van der Waals surface area (Å²) in [5.74, 6) is 1.26. The van der Waals surface area contributed by atoms with Gasteiger partial charge in [-0.2, -0.15) is 12.6 Å².